The second kappa shape index (κ2) is 7.64. The molecule has 114 valence electrons. The Morgan fingerprint density at radius 2 is 1.95 bits per heavy atom. The monoisotopic (exact) mass is 268 g/mol. The van der Waals surface area contributed by atoms with Gasteiger partial charge in [-0.15, -0.1) is 0 Å². The van der Waals surface area contributed by atoms with Crippen LogP contribution in [-0.2, 0) is 0 Å². The molecule has 1 N–H and O–H groups in total. The van der Waals surface area contributed by atoms with Crippen LogP contribution in [0, 0.1) is 5.41 Å². The zero-order valence-electron chi connectivity index (χ0n) is 14.1. The predicted octanol–water partition coefficient (Wildman–Crippen LogP) is 4.05. The van der Waals surface area contributed by atoms with E-state index in [9.17, 15) is 0 Å². The molecular formula is C17H36N2. The number of likely N-dealkylation sites (N-methyl/N-ethyl adjacent to an activating group) is 1. The maximum absolute atomic E-state index is 3.85. The number of rotatable bonds is 7. The molecule has 19 heavy (non-hydrogen) atoms. The van der Waals surface area contributed by atoms with Crippen molar-refractivity contribution in [1.82, 2.24) is 10.2 Å². The lowest BCUT2D eigenvalue weighted by Crippen LogP contribution is -2.59. The summed E-state index contributed by atoms with van der Waals surface area (Å²) in [5.74, 6) is 0. The molecule has 0 bridgehead atoms. The van der Waals surface area contributed by atoms with Crippen molar-refractivity contribution in [3.8, 4) is 0 Å². The molecule has 2 nitrogen and oxygen atoms in total. The highest BCUT2D eigenvalue weighted by atomic mass is 15.2. The summed E-state index contributed by atoms with van der Waals surface area (Å²) >= 11 is 0. The van der Waals surface area contributed by atoms with E-state index >= 15 is 0 Å². The van der Waals surface area contributed by atoms with Crippen molar-refractivity contribution in [3.63, 3.8) is 0 Å². The van der Waals surface area contributed by atoms with Crippen LogP contribution in [-0.4, -0.2) is 36.6 Å². The molecule has 0 heterocycles. The van der Waals surface area contributed by atoms with Gasteiger partial charge in [-0.1, -0.05) is 40.5 Å². The minimum Gasteiger partial charge on any atom is -0.312 e. The van der Waals surface area contributed by atoms with Crippen LogP contribution in [0.1, 0.15) is 73.1 Å². The van der Waals surface area contributed by atoms with Crippen LogP contribution in [0.5, 0.6) is 0 Å². The van der Waals surface area contributed by atoms with Gasteiger partial charge in [0, 0.05) is 18.1 Å². The van der Waals surface area contributed by atoms with Gasteiger partial charge in [0.2, 0.25) is 0 Å². The molecule has 0 aromatic rings. The molecule has 2 heteroatoms. The summed E-state index contributed by atoms with van der Waals surface area (Å²) in [7, 11) is 2.34. The highest BCUT2D eigenvalue weighted by Gasteiger charge is 2.40. The summed E-state index contributed by atoms with van der Waals surface area (Å²) in [4.78, 5) is 2.65. The van der Waals surface area contributed by atoms with Crippen molar-refractivity contribution < 1.29 is 0 Å². The maximum Gasteiger partial charge on any atom is 0.0274 e. The number of hydrogen-bond donors (Lipinski definition) is 1. The second-order valence-electron chi connectivity index (χ2n) is 7.18. The summed E-state index contributed by atoms with van der Waals surface area (Å²) in [5.41, 5.74) is 0.429. The van der Waals surface area contributed by atoms with Gasteiger partial charge in [-0.3, -0.25) is 4.90 Å². The summed E-state index contributed by atoms with van der Waals surface area (Å²) in [5, 5.41) is 3.85. The van der Waals surface area contributed by atoms with Crippen LogP contribution in [0.3, 0.4) is 0 Å². The van der Waals surface area contributed by atoms with Gasteiger partial charge in [0.1, 0.15) is 0 Å². The average molecular weight is 268 g/mol. The largest absolute Gasteiger partial charge is 0.312 e. The molecule has 0 radical (unpaired) electrons. The molecule has 0 amide bonds. The van der Waals surface area contributed by atoms with Gasteiger partial charge in [0.05, 0.1) is 0 Å². The third-order valence-electron chi connectivity index (χ3n) is 5.09. The van der Waals surface area contributed by atoms with Gasteiger partial charge in [0.25, 0.3) is 0 Å². The van der Waals surface area contributed by atoms with Gasteiger partial charge in [-0.2, -0.15) is 0 Å². The van der Waals surface area contributed by atoms with Gasteiger partial charge >= 0.3 is 0 Å². The van der Waals surface area contributed by atoms with Crippen LogP contribution in [0.4, 0.5) is 0 Å². The Hall–Kier alpha value is -0.0800. The smallest absolute Gasteiger partial charge is 0.0274 e. The molecule has 1 rings (SSSR count). The summed E-state index contributed by atoms with van der Waals surface area (Å²) in [6, 6.07) is 2.05. The third-order valence-corrected chi connectivity index (χ3v) is 5.09. The highest BCUT2D eigenvalue weighted by Crippen LogP contribution is 2.38. The van der Waals surface area contributed by atoms with Crippen molar-refractivity contribution in [1.29, 1.82) is 0 Å². The molecule has 1 saturated carbocycles. The molecule has 0 spiro atoms. The Morgan fingerprint density at radius 3 is 2.53 bits per heavy atom. The second-order valence-corrected chi connectivity index (χ2v) is 7.18. The molecule has 1 aliphatic rings. The minimum absolute atomic E-state index is 0.429. The molecule has 3 unspecified atom stereocenters. The van der Waals surface area contributed by atoms with E-state index in [0.29, 0.717) is 23.5 Å². The molecule has 1 aliphatic carbocycles. The molecule has 0 aromatic carbocycles. The number of nitrogens with one attached hydrogen (secondary N) is 1. The Balaban J connectivity index is 2.76. The predicted molar refractivity (Wildman–Crippen MR) is 85.6 cm³/mol. The minimum atomic E-state index is 0.429. The van der Waals surface area contributed by atoms with E-state index in [1.165, 1.54) is 38.5 Å². The molecule has 0 aliphatic heterocycles. The molecule has 1 fully saturated rings. The van der Waals surface area contributed by atoms with E-state index in [0.717, 1.165) is 6.54 Å². The number of nitrogens with zero attached hydrogens (tertiary/aromatic N) is 1. The summed E-state index contributed by atoms with van der Waals surface area (Å²) in [6.07, 6.45) is 7.93. The fourth-order valence-corrected chi connectivity index (χ4v) is 3.71. The highest BCUT2D eigenvalue weighted by molar-refractivity contribution is 4.98. The van der Waals surface area contributed by atoms with Crippen LogP contribution in [0.15, 0.2) is 0 Å². The Morgan fingerprint density at radius 1 is 1.26 bits per heavy atom. The maximum atomic E-state index is 3.85. The molecule has 3 atom stereocenters. The summed E-state index contributed by atoms with van der Waals surface area (Å²) < 4.78 is 0. The van der Waals surface area contributed by atoms with Gasteiger partial charge in [-0.05, 0) is 51.6 Å². The topological polar surface area (TPSA) is 15.3 Å². The quantitative estimate of drug-likeness (QED) is 0.749. The van der Waals surface area contributed by atoms with E-state index in [2.05, 4.69) is 51.9 Å². The molecule has 0 saturated heterocycles. The van der Waals surface area contributed by atoms with Crippen LogP contribution >= 0.6 is 0 Å². The van der Waals surface area contributed by atoms with Gasteiger partial charge < -0.3 is 5.32 Å². The SMILES string of the molecule is CCCNC1C(N(C)C(C)CCC)CCCC1(C)C. The lowest BCUT2D eigenvalue weighted by Gasteiger charge is -2.49. The van der Waals surface area contributed by atoms with E-state index in [1.54, 1.807) is 0 Å². The summed E-state index contributed by atoms with van der Waals surface area (Å²) in [6.45, 7) is 13.0. The Kier molecular flexibility index (Phi) is 6.82. The fourth-order valence-electron chi connectivity index (χ4n) is 3.71. The van der Waals surface area contributed by atoms with E-state index < -0.39 is 0 Å². The van der Waals surface area contributed by atoms with Gasteiger partial charge in [-0.25, -0.2) is 0 Å². The van der Waals surface area contributed by atoms with E-state index in [1.807, 2.05) is 0 Å². The van der Waals surface area contributed by atoms with Gasteiger partial charge in [0.15, 0.2) is 0 Å². The zero-order chi connectivity index (χ0) is 14.5. The van der Waals surface area contributed by atoms with Crippen LogP contribution in [0.2, 0.25) is 0 Å². The third kappa shape index (κ3) is 4.46. The van der Waals surface area contributed by atoms with Crippen molar-refractivity contribution in [3.05, 3.63) is 0 Å². The molecule has 0 aromatic heterocycles. The lowest BCUT2D eigenvalue weighted by molar-refractivity contribution is 0.0416. The van der Waals surface area contributed by atoms with Crippen molar-refractivity contribution in [2.24, 2.45) is 5.41 Å². The normalized spacial score (nSPS) is 28.6. The first-order valence-corrected chi connectivity index (χ1v) is 8.39. The standard InChI is InChI=1S/C17H36N2/c1-7-10-14(3)19(6)15-11-9-12-17(4,5)16(15)18-13-8-2/h14-16,18H,7-13H2,1-6H3. The van der Waals surface area contributed by atoms with Crippen molar-refractivity contribution in [2.45, 2.75) is 91.3 Å². The van der Waals surface area contributed by atoms with Crippen molar-refractivity contribution >= 4 is 0 Å². The first kappa shape index (κ1) is 17.0. The Labute approximate surface area is 121 Å². The molecular weight excluding hydrogens is 232 g/mol. The van der Waals surface area contributed by atoms with Crippen LogP contribution in [0.25, 0.3) is 0 Å². The average Bonchev–Trinajstić information content (AvgIpc) is 2.35. The number of hydrogen-bond acceptors (Lipinski definition) is 2. The Bertz CT molecular complexity index is 250. The van der Waals surface area contributed by atoms with Crippen molar-refractivity contribution in [2.75, 3.05) is 13.6 Å². The van der Waals surface area contributed by atoms with E-state index in [4.69, 9.17) is 0 Å². The first-order valence-electron chi connectivity index (χ1n) is 8.39. The first-order chi connectivity index (χ1) is 8.94. The zero-order valence-corrected chi connectivity index (χ0v) is 14.1. The fraction of sp³-hybridized carbons (Fsp3) is 1.00. The van der Waals surface area contributed by atoms with E-state index in [-0.39, 0.29) is 0 Å². The lowest BCUT2D eigenvalue weighted by atomic mass is 9.70. The van der Waals surface area contributed by atoms with Crippen LogP contribution < -0.4 is 5.32 Å².